The lowest BCUT2D eigenvalue weighted by Crippen LogP contribution is -2.34. The smallest absolute Gasteiger partial charge is 0.303 e. The second kappa shape index (κ2) is 13.9. The van der Waals surface area contributed by atoms with Crippen LogP contribution in [0.15, 0.2) is 30.3 Å². The first kappa shape index (κ1) is 27.5. The first-order chi connectivity index (χ1) is 17.5. The van der Waals surface area contributed by atoms with Crippen LogP contribution in [0.1, 0.15) is 83.5 Å². The van der Waals surface area contributed by atoms with Gasteiger partial charge in [-0.05, 0) is 31.4 Å². The fourth-order valence-corrected chi connectivity index (χ4v) is 4.05. The summed E-state index contributed by atoms with van der Waals surface area (Å²) >= 11 is 0. The lowest BCUT2D eigenvalue weighted by Gasteiger charge is -2.34. The molecule has 0 saturated heterocycles. The molecule has 0 fully saturated rings. The summed E-state index contributed by atoms with van der Waals surface area (Å²) in [6.45, 7) is 9.41. The molecule has 198 valence electrons. The highest BCUT2D eigenvalue weighted by atomic mass is 16.6. The zero-order valence-electron chi connectivity index (χ0n) is 22.0. The summed E-state index contributed by atoms with van der Waals surface area (Å²) in [6, 6.07) is 8.91. The van der Waals surface area contributed by atoms with Crippen LogP contribution < -0.4 is 18.9 Å². The van der Waals surface area contributed by atoms with E-state index in [2.05, 4.69) is 20.8 Å². The van der Waals surface area contributed by atoms with Gasteiger partial charge in [0, 0.05) is 36.6 Å². The highest BCUT2D eigenvalue weighted by Crippen LogP contribution is 2.44. The highest BCUT2D eigenvalue weighted by molar-refractivity contribution is 5.66. The maximum Gasteiger partial charge on any atom is 0.303 e. The van der Waals surface area contributed by atoms with Gasteiger partial charge in [0.25, 0.3) is 0 Å². The van der Waals surface area contributed by atoms with Crippen LogP contribution in [-0.4, -0.2) is 37.0 Å². The summed E-state index contributed by atoms with van der Waals surface area (Å²) in [5.74, 6) is 2.09. The van der Waals surface area contributed by atoms with Gasteiger partial charge in [-0.2, -0.15) is 0 Å². The Balaban J connectivity index is 1.96. The van der Waals surface area contributed by atoms with Crippen LogP contribution in [0.25, 0.3) is 0 Å². The number of fused-ring (bicyclic) bond motifs is 1. The van der Waals surface area contributed by atoms with E-state index >= 15 is 0 Å². The zero-order valence-corrected chi connectivity index (χ0v) is 22.0. The molecule has 0 saturated carbocycles. The Labute approximate surface area is 214 Å². The maximum absolute atomic E-state index is 12.0. The molecule has 0 amide bonds. The van der Waals surface area contributed by atoms with Gasteiger partial charge in [-0.1, -0.05) is 46.1 Å². The van der Waals surface area contributed by atoms with Crippen molar-refractivity contribution in [2.75, 3.05) is 19.8 Å². The summed E-state index contributed by atoms with van der Waals surface area (Å²) in [7, 11) is 0. The van der Waals surface area contributed by atoms with Gasteiger partial charge in [0.15, 0.2) is 17.6 Å². The lowest BCUT2D eigenvalue weighted by atomic mass is 9.93. The molecule has 0 aliphatic carbocycles. The van der Waals surface area contributed by atoms with Crippen molar-refractivity contribution in [2.24, 2.45) is 0 Å². The molecular formula is C29H40O7. The van der Waals surface area contributed by atoms with Crippen LogP contribution in [0.2, 0.25) is 0 Å². The van der Waals surface area contributed by atoms with Crippen molar-refractivity contribution in [3.63, 3.8) is 0 Å². The summed E-state index contributed by atoms with van der Waals surface area (Å²) < 4.78 is 30.1. The van der Waals surface area contributed by atoms with Crippen molar-refractivity contribution in [1.82, 2.24) is 0 Å². The number of hydrogen-bond donors (Lipinski definition) is 1. The van der Waals surface area contributed by atoms with E-state index in [4.69, 9.17) is 23.7 Å². The van der Waals surface area contributed by atoms with Crippen LogP contribution >= 0.6 is 0 Å². The fraction of sp³-hybridized carbons (Fsp3) is 0.552. The average Bonchev–Trinajstić information content (AvgIpc) is 2.85. The Hall–Kier alpha value is -3.09. The monoisotopic (exact) mass is 500 g/mol. The van der Waals surface area contributed by atoms with Gasteiger partial charge < -0.3 is 28.8 Å². The third-order valence-electron chi connectivity index (χ3n) is 6.05. The van der Waals surface area contributed by atoms with E-state index in [0.29, 0.717) is 49.2 Å². The fourth-order valence-electron chi connectivity index (χ4n) is 4.05. The number of phenols is 1. The van der Waals surface area contributed by atoms with Gasteiger partial charge in [0.1, 0.15) is 23.4 Å². The molecule has 1 aliphatic heterocycles. The number of aromatic hydroxyl groups is 1. The summed E-state index contributed by atoms with van der Waals surface area (Å²) in [5, 5.41) is 10.3. The number of esters is 1. The summed E-state index contributed by atoms with van der Waals surface area (Å²) in [4.78, 5) is 12.0. The number of benzene rings is 2. The Morgan fingerprint density at radius 3 is 2.19 bits per heavy atom. The van der Waals surface area contributed by atoms with Crippen LogP contribution in [-0.2, 0) is 16.0 Å². The van der Waals surface area contributed by atoms with Crippen LogP contribution in [0.3, 0.4) is 0 Å². The van der Waals surface area contributed by atoms with E-state index in [1.54, 1.807) is 18.2 Å². The molecule has 2 aromatic carbocycles. The van der Waals surface area contributed by atoms with Crippen molar-refractivity contribution < 1.29 is 33.6 Å². The summed E-state index contributed by atoms with van der Waals surface area (Å²) in [6.07, 6.45) is 5.11. The first-order valence-corrected chi connectivity index (χ1v) is 13.2. The van der Waals surface area contributed by atoms with Crippen molar-refractivity contribution in [3.05, 3.63) is 41.5 Å². The molecule has 0 bridgehead atoms. The minimum atomic E-state index is -0.579. The SMILES string of the molecule is CCCCOc1cc(OCCCC)c2c(c1)O[C@H](c1ccc(O)c(OCCCC)c1)[C@@H](OC(C)=O)C2. The van der Waals surface area contributed by atoms with Gasteiger partial charge in [0.2, 0.25) is 0 Å². The normalized spacial score (nSPS) is 16.6. The lowest BCUT2D eigenvalue weighted by molar-refractivity contribution is -0.152. The molecule has 0 unspecified atom stereocenters. The topological polar surface area (TPSA) is 83.5 Å². The quantitative estimate of drug-likeness (QED) is 0.233. The van der Waals surface area contributed by atoms with Crippen molar-refractivity contribution >= 4 is 5.97 Å². The number of ether oxygens (including phenoxy) is 5. The summed E-state index contributed by atoms with van der Waals surface area (Å²) in [5.41, 5.74) is 1.61. The molecule has 1 N–H and O–H groups in total. The molecule has 2 atom stereocenters. The zero-order chi connectivity index (χ0) is 25.9. The Bertz CT molecular complexity index is 988. The highest BCUT2D eigenvalue weighted by Gasteiger charge is 2.36. The largest absolute Gasteiger partial charge is 0.504 e. The molecular weight excluding hydrogens is 460 g/mol. The number of carbonyl (C=O) groups excluding carboxylic acids is 1. The van der Waals surface area contributed by atoms with Crippen LogP contribution in [0.5, 0.6) is 28.7 Å². The molecule has 0 aromatic heterocycles. The van der Waals surface area contributed by atoms with Crippen molar-refractivity contribution in [3.8, 4) is 28.7 Å². The molecule has 7 nitrogen and oxygen atoms in total. The van der Waals surface area contributed by atoms with E-state index in [-0.39, 0.29) is 11.7 Å². The number of carbonyl (C=O) groups is 1. The van der Waals surface area contributed by atoms with Gasteiger partial charge >= 0.3 is 5.97 Å². The molecule has 0 spiro atoms. The predicted octanol–water partition coefficient (Wildman–Crippen LogP) is 6.54. The van der Waals surface area contributed by atoms with Gasteiger partial charge in [-0.25, -0.2) is 0 Å². The molecule has 2 aromatic rings. The van der Waals surface area contributed by atoms with Crippen LogP contribution in [0.4, 0.5) is 0 Å². The van der Waals surface area contributed by atoms with Gasteiger partial charge in [-0.3, -0.25) is 4.79 Å². The molecule has 0 radical (unpaired) electrons. The van der Waals surface area contributed by atoms with Gasteiger partial charge in [0.05, 0.1) is 19.8 Å². The van der Waals surface area contributed by atoms with Crippen molar-refractivity contribution in [2.45, 2.75) is 84.8 Å². The number of phenolic OH excluding ortho intramolecular Hbond substituents is 1. The second-order valence-electron chi connectivity index (χ2n) is 9.12. The molecule has 36 heavy (non-hydrogen) atoms. The number of hydrogen-bond acceptors (Lipinski definition) is 7. The van der Waals surface area contributed by atoms with Gasteiger partial charge in [-0.15, -0.1) is 0 Å². The number of unbranched alkanes of at least 4 members (excludes halogenated alkanes) is 3. The third kappa shape index (κ3) is 7.45. The first-order valence-electron chi connectivity index (χ1n) is 13.2. The molecule has 7 heteroatoms. The number of rotatable bonds is 14. The molecule has 1 aliphatic rings. The standard InChI is InChI=1S/C29H40O7/c1-5-8-13-32-22-17-25(33-14-9-6-2)23-19-28(35-20(4)30)29(36-26(23)18-22)21-11-12-24(31)27(16-21)34-15-10-7-3/h11-12,16-18,28-29,31H,5-10,13-15,19H2,1-4H3/t28-,29+/m0/s1. The Morgan fingerprint density at radius 2 is 1.56 bits per heavy atom. The van der Waals surface area contributed by atoms with E-state index < -0.39 is 12.2 Å². The second-order valence-corrected chi connectivity index (χ2v) is 9.12. The van der Waals surface area contributed by atoms with Crippen molar-refractivity contribution in [1.29, 1.82) is 0 Å². The van der Waals surface area contributed by atoms with E-state index in [9.17, 15) is 9.90 Å². The van der Waals surface area contributed by atoms with E-state index in [1.807, 2.05) is 12.1 Å². The molecule has 3 rings (SSSR count). The minimum Gasteiger partial charge on any atom is -0.504 e. The minimum absolute atomic E-state index is 0.0633. The maximum atomic E-state index is 12.0. The molecule has 1 heterocycles. The predicted molar refractivity (Wildman–Crippen MR) is 138 cm³/mol. The van der Waals surface area contributed by atoms with E-state index in [0.717, 1.165) is 49.7 Å². The Morgan fingerprint density at radius 1 is 0.917 bits per heavy atom. The van der Waals surface area contributed by atoms with Crippen LogP contribution in [0, 0.1) is 0 Å². The Kier molecular flexibility index (Phi) is 10.6. The third-order valence-corrected chi connectivity index (χ3v) is 6.05. The average molecular weight is 501 g/mol. The van der Waals surface area contributed by atoms with E-state index in [1.165, 1.54) is 6.92 Å².